The molecule has 0 amide bonds. The number of fused-ring (bicyclic) bond motifs is 3. The summed E-state index contributed by atoms with van der Waals surface area (Å²) in [7, 11) is 1.00. The van der Waals surface area contributed by atoms with Gasteiger partial charge in [-0.2, -0.15) is 0 Å². The summed E-state index contributed by atoms with van der Waals surface area (Å²) < 4.78 is 16.9. The maximum atomic E-state index is 14.5. The number of phenolic OH excluding ortho intramolecular Hbond substituents is 2. The molecule has 5 N–H and O–H groups in total. The highest BCUT2D eigenvalue weighted by Gasteiger charge is 2.62. The van der Waals surface area contributed by atoms with Crippen molar-refractivity contribution in [2.45, 2.75) is 44.0 Å². The smallest absolute Gasteiger partial charge is 0.358 e. The van der Waals surface area contributed by atoms with E-state index in [1.165, 1.54) is 25.1 Å². The van der Waals surface area contributed by atoms with Crippen molar-refractivity contribution in [2.24, 2.45) is 5.41 Å². The molecular formula is C33H26O12. The number of ether oxygens (including phenoxy) is 3. The Morgan fingerprint density at radius 3 is 2.36 bits per heavy atom. The highest BCUT2D eigenvalue weighted by Crippen LogP contribution is 2.63. The lowest BCUT2D eigenvalue weighted by atomic mass is 9.61. The Kier molecular flexibility index (Phi) is 5.73. The van der Waals surface area contributed by atoms with Gasteiger partial charge in [0.15, 0.2) is 11.6 Å². The molecule has 2 bridgehead atoms. The van der Waals surface area contributed by atoms with E-state index in [1.807, 2.05) is 0 Å². The van der Waals surface area contributed by atoms with Gasteiger partial charge in [0.1, 0.15) is 46.5 Å². The topological polar surface area (TPSA) is 197 Å². The fourth-order valence-corrected chi connectivity index (χ4v) is 7.53. The highest BCUT2D eigenvalue weighted by atomic mass is 16.6. The van der Waals surface area contributed by atoms with Crippen molar-refractivity contribution in [3.8, 4) is 17.2 Å². The number of allylic oxidation sites excluding steroid dienone is 2. The first-order valence-corrected chi connectivity index (χ1v) is 14.0. The van der Waals surface area contributed by atoms with E-state index in [-0.39, 0.29) is 45.7 Å². The molecule has 0 aromatic heterocycles. The van der Waals surface area contributed by atoms with Gasteiger partial charge < -0.3 is 39.7 Å². The minimum absolute atomic E-state index is 0.0718. The van der Waals surface area contributed by atoms with Gasteiger partial charge in [0.05, 0.1) is 35.2 Å². The van der Waals surface area contributed by atoms with E-state index in [4.69, 9.17) is 14.2 Å². The Bertz CT molecular complexity index is 1940. The molecule has 12 heteroatoms. The Morgan fingerprint density at radius 2 is 1.67 bits per heavy atom. The molecule has 0 saturated carbocycles. The number of hydrogen-bond donors (Lipinski definition) is 5. The third-order valence-electron chi connectivity index (χ3n) is 9.25. The zero-order chi connectivity index (χ0) is 32.3. The van der Waals surface area contributed by atoms with Gasteiger partial charge in [0, 0.05) is 18.1 Å². The van der Waals surface area contributed by atoms with E-state index < -0.39 is 81.1 Å². The van der Waals surface area contributed by atoms with Crippen LogP contribution in [0.1, 0.15) is 52.3 Å². The number of rotatable bonds is 2. The molecule has 12 nitrogen and oxygen atoms in total. The Labute approximate surface area is 254 Å². The number of aryl methyl sites for hydroxylation is 1. The van der Waals surface area contributed by atoms with Crippen LogP contribution in [-0.2, 0) is 35.1 Å². The summed E-state index contributed by atoms with van der Waals surface area (Å²) in [5, 5.41) is 56.3. The molecule has 1 spiro atoms. The normalized spacial score (nSPS) is 28.8. The Hall–Kier alpha value is -5.36. The molecule has 1 heterocycles. The average Bonchev–Trinajstić information content (AvgIpc) is 3.19. The number of aliphatic hydroxyl groups excluding tert-OH is 3. The molecule has 0 saturated heterocycles. The second-order valence-electron chi connectivity index (χ2n) is 11.8. The van der Waals surface area contributed by atoms with Crippen LogP contribution in [0.25, 0.3) is 11.5 Å². The maximum absolute atomic E-state index is 14.5. The van der Waals surface area contributed by atoms with Gasteiger partial charge in [-0.1, -0.05) is 18.2 Å². The molecule has 5 atom stereocenters. The number of hydrogen-bond acceptors (Lipinski definition) is 12. The summed E-state index contributed by atoms with van der Waals surface area (Å²) in [5.74, 6) is -7.35. The molecule has 8 rings (SSSR count). The Morgan fingerprint density at radius 1 is 0.978 bits per heavy atom. The van der Waals surface area contributed by atoms with Crippen LogP contribution < -0.4 is 4.74 Å². The van der Waals surface area contributed by atoms with Crippen LogP contribution in [0.4, 0.5) is 0 Å². The third-order valence-corrected chi connectivity index (χ3v) is 9.25. The SMILES string of the molecule is COC(=O)[C@@]12Oc3c(c(O)cc4c3[C@@H]3C=C[C@]5(C4)C(=C(O)c4c(O)cc(C)cc4[C@@H]5OC(C)=O)C3=O)C(O)=C1C(=O)C=C[C@H]2O. The number of aromatic hydroxyl groups is 2. The zero-order valence-electron chi connectivity index (χ0n) is 24.1. The van der Waals surface area contributed by atoms with Crippen LogP contribution >= 0.6 is 0 Å². The van der Waals surface area contributed by atoms with Crippen molar-refractivity contribution in [3.05, 3.63) is 87.0 Å². The van der Waals surface area contributed by atoms with Crippen LogP contribution in [-0.4, -0.2) is 67.9 Å². The van der Waals surface area contributed by atoms with E-state index in [0.29, 0.717) is 5.56 Å². The number of phenols is 2. The van der Waals surface area contributed by atoms with Crippen LogP contribution in [0, 0.1) is 12.3 Å². The summed E-state index contributed by atoms with van der Waals surface area (Å²) in [4.78, 5) is 53.2. The largest absolute Gasteiger partial charge is 0.507 e. The summed E-state index contributed by atoms with van der Waals surface area (Å²) in [6, 6.07) is 4.30. The monoisotopic (exact) mass is 614 g/mol. The van der Waals surface area contributed by atoms with Crippen LogP contribution in [0.5, 0.6) is 17.2 Å². The van der Waals surface area contributed by atoms with E-state index >= 15 is 0 Å². The summed E-state index contributed by atoms with van der Waals surface area (Å²) in [5.41, 5.74) is -4.20. The molecule has 2 aromatic carbocycles. The number of carbonyl (C=O) groups excluding carboxylic acids is 4. The summed E-state index contributed by atoms with van der Waals surface area (Å²) in [6.07, 6.45) is 1.88. The molecule has 6 aliphatic rings. The van der Waals surface area contributed by atoms with Crippen LogP contribution in [0.2, 0.25) is 0 Å². The Balaban J connectivity index is 1.54. The first-order valence-electron chi connectivity index (χ1n) is 14.0. The van der Waals surface area contributed by atoms with Gasteiger partial charge >= 0.3 is 11.9 Å². The highest BCUT2D eigenvalue weighted by molar-refractivity contribution is 6.18. The predicted molar refractivity (Wildman–Crippen MR) is 153 cm³/mol. The van der Waals surface area contributed by atoms with Crippen molar-refractivity contribution in [1.82, 2.24) is 0 Å². The minimum Gasteiger partial charge on any atom is -0.507 e. The fourth-order valence-electron chi connectivity index (χ4n) is 7.53. The van der Waals surface area contributed by atoms with Crippen molar-refractivity contribution < 1.29 is 58.9 Å². The fraction of sp³-hybridized carbons (Fsp3) is 0.273. The quantitative estimate of drug-likeness (QED) is 0.245. The van der Waals surface area contributed by atoms with Gasteiger partial charge in [0.2, 0.25) is 0 Å². The first kappa shape index (κ1) is 28.4. The molecule has 1 aliphatic heterocycles. The number of methoxy groups -OCH3 is 1. The van der Waals surface area contributed by atoms with Gasteiger partial charge in [0.25, 0.3) is 5.60 Å². The predicted octanol–water partition coefficient (Wildman–Crippen LogP) is 2.83. The van der Waals surface area contributed by atoms with Gasteiger partial charge in [-0.15, -0.1) is 0 Å². The van der Waals surface area contributed by atoms with Gasteiger partial charge in [-0.3, -0.25) is 14.4 Å². The number of ketones is 2. The van der Waals surface area contributed by atoms with E-state index in [0.717, 1.165) is 19.3 Å². The lowest BCUT2D eigenvalue weighted by Crippen LogP contribution is -2.60. The number of aliphatic hydroxyl groups is 3. The number of benzene rings is 2. The van der Waals surface area contributed by atoms with Crippen molar-refractivity contribution >= 4 is 35.0 Å². The second-order valence-corrected chi connectivity index (χ2v) is 11.8. The number of esters is 2. The zero-order valence-corrected chi connectivity index (χ0v) is 24.1. The lowest BCUT2D eigenvalue weighted by Gasteiger charge is -2.44. The third kappa shape index (κ3) is 3.39. The van der Waals surface area contributed by atoms with Crippen molar-refractivity contribution in [1.29, 1.82) is 0 Å². The van der Waals surface area contributed by atoms with Crippen molar-refractivity contribution in [3.63, 3.8) is 0 Å². The molecule has 0 radical (unpaired) electrons. The minimum atomic E-state index is -2.58. The number of Topliss-reactive ketones (excluding diaryl/α,β-unsaturated/α-hetero) is 1. The van der Waals surface area contributed by atoms with E-state index in [9.17, 15) is 44.7 Å². The van der Waals surface area contributed by atoms with Gasteiger partial charge in [-0.05, 0) is 48.8 Å². The lowest BCUT2D eigenvalue weighted by molar-refractivity contribution is -0.164. The summed E-state index contributed by atoms with van der Waals surface area (Å²) in [6.45, 7) is 2.89. The second kappa shape index (κ2) is 9.08. The maximum Gasteiger partial charge on any atom is 0.358 e. The molecule has 230 valence electrons. The van der Waals surface area contributed by atoms with E-state index in [1.54, 1.807) is 19.1 Å². The van der Waals surface area contributed by atoms with E-state index in [2.05, 4.69) is 0 Å². The van der Waals surface area contributed by atoms with Crippen molar-refractivity contribution in [2.75, 3.05) is 7.11 Å². The number of carbonyl (C=O) groups is 4. The first-order chi connectivity index (χ1) is 21.3. The summed E-state index contributed by atoms with van der Waals surface area (Å²) >= 11 is 0. The molecule has 5 aliphatic carbocycles. The van der Waals surface area contributed by atoms with Crippen LogP contribution in [0.15, 0.2) is 53.6 Å². The van der Waals surface area contributed by atoms with Gasteiger partial charge in [-0.25, -0.2) is 4.79 Å². The molecule has 2 aromatic rings. The molecule has 0 fully saturated rings. The molecule has 45 heavy (non-hydrogen) atoms. The average molecular weight is 615 g/mol. The van der Waals surface area contributed by atoms with Crippen LogP contribution in [0.3, 0.4) is 0 Å². The standard InChI is InChI=1S/C33H26O12/c1-12-8-16-22(18(36)9-12)27(40)25-26(39)15-6-7-32(25,30(16)44-13(2)34)11-14-10-19(37)23-28(41)24-17(35)4-5-20(38)33(24,31(42)43-3)45-29(23)21(14)15/h4-10,15,20,30,36-38,40-41H,11H2,1-3H3/t15-,20+,30-,32-,33-/m0/s1. The molecule has 0 unspecified atom stereocenters. The molecular weight excluding hydrogens is 588 g/mol.